The predicted octanol–water partition coefficient (Wildman–Crippen LogP) is 2.33. The summed E-state index contributed by atoms with van der Waals surface area (Å²) in [5.74, 6) is 0.833. The lowest BCUT2D eigenvalue weighted by atomic mass is 10.1. The summed E-state index contributed by atoms with van der Waals surface area (Å²) < 4.78 is 23.2. The van der Waals surface area contributed by atoms with Crippen molar-refractivity contribution in [2.24, 2.45) is 5.14 Å². The number of anilines is 1. The molecule has 0 saturated carbocycles. The van der Waals surface area contributed by atoms with Crippen LogP contribution in [-0.4, -0.2) is 36.5 Å². The van der Waals surface area contributed by atoms with E-state index in [2.05, 4.69) is 14.9 Å². The minimum Gasteiger partial charge on any atom is -0.355 e. The van der Waals surface area contributed by atoms with Gasteiger partial charge in [-0.15, -0.1) is 0 Å². The van der Waals surface area contributed by atoms with Gasteiger partial charge in [0.05, 0.1) is 16.1 Å². The first kappa shape index (κ1) is 16.9. The van der Waals surface area contributed by atoms with Crippen LogP contribution in [-0.2, 0) is 10.0 Å². The Labute approximate surface area is 152 Å². The predicted molar refractivity (Wildman–Crippen MR) is 100 cm³/mol. The third-order valence-electron chi connectivity index (χ3n) is 4.58. The molecule has 26 heavy (non-hydrogen) atoms. The maximum atomic E-state index is 11.6. The van der Waals surface area contributed by atoms with E-state index in [0.29, 0.717) is 11.3 Å². The van der Waals surface area contributed by atoms with Crippen LogP contribution in [0.15, 0.2) is 47.6 Å². The van der Waals surface area contributed by atoms with Gasteiger partial charge in [-0.25, -0.2) is 28.5 Å². The number of hydrogen-bond donors (Lipinski definition) is 1. The Kier molecular flexibility index (Phi) is 4.29. The minimum atomic E-state index is -3.76. The Morgan fingerprint density at radius 2 is 1.81 bits per heavy atom. The molecule has 4 rings (SSSR count). The Balaban J connectivity index is 1.82. The molecule has 0 unspecified atom stereocenters. The average Bonchev–Trinajstić information content (AvgIpc) is 2.67. The fourth-order valence-electron chi connectivity index (χ4n) is 3.26. The number of aromatic nitrogens is 3. The van der Waals surface area contributed by atoms with Gasteiger partial charge in [0, 0.05) is 18.7 Å². The third-order valence-corrected chi connectivity index (χ3v) is 5.49. The Bertz CT molecular complexity index is 1060. The maximum Gasteiger partial charge on any atom is 0.238 e. The van der Waals surface area contributed by atoms with E-state index in [0.717, 1.165) is 42.8 Å². The van der Waals surface area contributed by atoms with Gasteiger partial charge < -0.3 is 4.90 Å². The zero-order chi connectivity index (χ0) is 18.1. The van der Waals surface area contributed by atoms with Gasteiger partial charge in [0.25, 0.3) is 0 Å². The number of sulfonamides is 1. The largest absolute Gasteiger partial charge is 0.355 e. The van der Waals surface area contributed by atoms with E-state index in [1.165, 1.54) is 18.6 Å². The quantitative estimate of drug-likeness (QED) is 0.760. The Hall–Kier alpha value is -2.58. The van der Waals surface area contributed by atoms with Gasteiger partial charge in [-0.2, -0.15) is 0 Å². The fourth-order valence-corrected chi connectivity index (χ4v) is 3.82. The van der Waals surface area contributed by atoms with Crippen molar-refractivity contribution < 1.29 is 8.42 Å². The van der Waals surface area contributed by atoms with Crippen LogP contribution in [0.2, 0.25) is 0 Å². The highest BCUT2D eigenvalue weighted by molar-refractivity contribution is 7.89. The molecule has 0 aliphatic carbocycles. The molecule has 2 aromatic heterocycles. The normalized spacial score (nSPS) is 15.3. The Morgan fingerprint density at radius 3 is 2.58 bits per heavy atom. The van der Waals surface area contributed by atoms with Crippen molar-refractivity contribution in [3.63, 3.8) is 0 Å². The van der Waals surface area contributed by atoms with Gasteiger partial charge in [0.15, 0.2) is 5.82 Å². The summed E-state index contributed by atoms with van der Waals surface area (Å²) in [6.07, 6.45) is 5.08. The van der Waals surface area contributed by atoms with Crippen LogP contribution in [0.3, 0.4) is 0 Å². The van der Waals surface area contributed by atoms with Crippen LogP contribution in [0.5, 0.6) is 0 Å². The Morgan fingerprint density at radius 1 is 1.00 bits per heavy atom. The molecule has 0 bridgehead atoms. The number of pyridine rings is 1. The van der Waals surface area contributed by atoms with E-state index in [1.807, 2.05) is 18.2 Å². The number of rotatable bonds is 3. The standard InChI is InChI=1S/C18H19N5O2S/c19-26(24,25)14-6-4-5-13(11-14)15-7-8-16-17(22-15)18(21-12-20-16)23-9-2-1-3-10-23/h4-8,11-12H,1-3,9-10H2,(H2,19,24,25). The van der Waals surface area contributed by atoms with Crippen molar-refractivity contribution in [3.05, 3.63) is 42.7 Å². The molecule has 7 nitrogen and oxygen atoms in total. The summed E-state index contributed by atoms with van der Waals surface area (Å²) in [4.78, 5) is 15.8. The summed E-state index contributed by atoms with van der Waals surface area (Å²) in [6, 6.07) is 10.2. The van der Waals surface area contributed by atoms with Crippen molar-refractivity contribution in [1.82, 2.24) is 15.0 Å². The maximum absolute atomic E-state index is 11.6. The number of primary sulfonamides is 1. The number of benzene rings is 1. The molecule has 1 fully saturated rings. The zero-order valence-corrected chi connectivity index (χ0v) is 15.0. The van der Waals surface area contributed by atoms with Gasteiger partial charge in [-0.05, 0) is 43.5 Å². The smallest absolute Gasteiger partial charge is 0.238 e. The molecule has 1 saturated heterocycles. The minimum absolute atomic E-state index is 0.0671. The molecule has 3 heterocycles. The first-order chi connectivity index (χ1) is 12.5. The van der Waals surface area contributed by atoms with Gasteiger partial charge in [-0.3, -0.25) is 0 Å². The molecule has 134 valence electrons. The van der Waals surface area contributed by atoms with Crippen molar-refractivity contribution in [3.8, 4) is 11.3 Å². The zero-order valence-electron chi connectivity index (χ0n) is 14.2. The molecular weight excluding hydrogens is 350 g/mol. The first-order valence-corrected chi connectivity index (χ1v) is 10.1. The van der Waals surface area contributed by atoms with E-state index in [9.17, 15) is 8.42 Å². The van der Waals surface area contributed by atoms with Gasteiger partial charge in [-0.1, -0.05) is 12.1 Å². The van der Waals surface area contributed by atoms with Crippen molar-refractivity contribution in [2.45, 2.75) is 24.2 Å². The number of nitrogens with zero attached hydrogens (tertiary/aromatic N) is 4. The molecule has 1 aromatic carbocycles. The topological polar surface area (TPSA) is 102 Å². The second-order valence-electron chi connectivity index (χ2n) is 6.38. The van der Waals surface area contributed by atoms with E-state index in [-0.39, 0.29) is 4.90 Å². The highest BCUT2D eigenvalue weighted by atomic mass is 32.2. The summed E-state index contributed by atoms with van der Waals surface area (Å²) in [6.45, 7) is 1.91. The van der Waals surface area contributed by atoms with E-state index in [1.54, 1.807) is 12.4 Å². The van der Waals surface area contributed by atoms with Crippen LogP contribution in [0, 0.1) is 0 Å². The van der Waals surface area contributed by atoms with E-state index >= 15 is 0 Å². The highest BCUT2D eigenvalue weighted by Gasteiger charge is 2.17. The van der Waals surface area contributed by atoms with Crippen LogP contribution in [0.1, 0.15) is 19.3 Å². The monoisotopic (exact) mass is 369 g/mol. The van der Waals surface area contributed by atoms with Crippen LogP contribution >= 0.6 is 0 Å². The van der Waals surface area contributed by atoms with Crippen LogP contribution < -0.4 is 10.0 Å². The van der Waals surface area contributed by atoms with Crippen molar-refractivity contribution >= 4 is 26.9 Å². The van der Waals surface area contributed by atoms with Gasteiger partial charge in [0.2, 0.25) is 10.0 Å². The molecule has 0 atom stereocenters. The first-order valence-electron chi connectivity index (χ1n) is 8.52. The molecular formula is C18H19N5O2S. The molecule has 0 spiro atoms. The lowest BCUT2D eigenvalue weighted by Gasteiger charge is -2.28. The van der Waals surface area contributed by atoms with E-state index in [4.69, 9.17) is 10.1 Å². The van der Waals surface area contributed by atoms with Crippen molar-refractivity contribution in [1.29, 1.82) is 0 Å². The third kappa shape index (κ3) is 3.25. The lowest BCUT2D eigenvalue weighted by Crippen LogP contribution is -2.30. The molecule has 1 aliphatic rings. The van der Waals surface area contributed by atoms with Crippen LogP contribution in [0.4, 0.5) is 5.82 Å². The molecule has 0 radical (unpaired) electrons. The van der Waals surface area contributed by atoms with Crippen LogP contribution in [0.25, 0.3) is 22.3 Å². The number of nitrogens with two attached hydrogens (primary N) is 1. The lowest BCUT2D eigenvalue weighted by molar-refractivity contribution is 0.574. The molecule has 3 aromatic rings. The molecule has 2 N–H and O–H groups in total. The van der Waals surface area contributed by atoms with Gasteiger partial charge >= 0.3 is 0 Å². The number of piperidine rings is 1. The molecule has 0 amide bonds. The number of fused-ring (bicyclic) bond motifs is 1. The van der Waals surface area contributed by atoms with Gasteiger partial charge in [0.1, 0.15) is 11.8 Å². The second kappa shape index (κ2) is 6.62. The summed E-state index contributed by atoms with van der Waals surface area (Å²) in [7, 11) is -3.76. The summed E-state index contributed by atoms with van der Waals surface area (Å²) >= 11 is 0. The van der Waals surface area contributed by atoms with E-state index < -0.39 is 10.0 Å². The fraction of sp³-hybridized carbons (Fsp3) is 0.278. The van der Waals surface area contributed by atoms with Crippen molar-refractivity contribution in [2.75, 3.05) is 18.0 Å². The number of hydrogen-bond acceptors (Lipinski definition) is 6. The second-order valence-corrected chi connectivity index (χ2v) is 7.94. The average molecular weight is 369 g/mol. The summed E-state index contributed by atoms with van der Waals surface area (Å²) in [5.41, 5.74) is 2.85. The molecule has 8 heteroatoms. The molecule has 1 aliphatic heterocycles. The highest BCUT2D eigenvalue weighted by Crippen LogP contribution is 2.27. The summed E-state index contributed by atoms with van der Waals surface area (Å²) in [5, 5.41) is 5.24. The SMILES string of the molecule is NS(=O)(=O)c1cccc(-c2ccc3ncnc(N4CCCCC4)c3n2)c1.